The van der Waals surface area contributed by atoms with Crippen LogP contribution in [0.1, 0.15) is 15.9 Å². The van der Waals surface area contributed by atoms with Crippen LogP contribution in [0.5, 0.6) is 0 Å². The Kier molecular flexibility index (Phi) is 3.58. The normalized spacial score (nSPS) is 19.4. The maximum absolute atomic E-state index is 13.0. The van der Waals surface area contributed by atoms with Crippen LogP contribution in [0.3, 0.4) is 0 Å². The van der Waals surface area contributed by atoms with Gasteiger partial charge in [0.05, 0.1) is 19.2 Å². The van der Waals surface area contributed by atoms with E-state index in [1.54, 1.807) is 11.8 Å². The molecule has 0 bridgehead atoms. The second kappa shape index (κ2) is 5.15. The van der Waals surface area contributed by atoms with Crippen molar-refractivity contribution in [1.29, 1.82) is 5.26 Å². The summed E-state index contributed by atoms with van der Waals surface area (Å²) in [5.74, 6) is -0.544. The number of ether oxygens (including phenoxy) is 1. The number of halogens is 1. The predicted octanol–water partition coefficient (Wildman–Crippen LogP) is 1.50. The average Bonchev–Trinajstić information content (AvgIpc) is 2.38. The van der Waals surface area contributed by atoms with Gasteiger partial charge in [0.2, 0.25) is 0 Å². The first-order chi connectivity index (χ1) is 8.61. The average molecular weight is 248 g/mol. The van der Waals surface area contributed by atoms with Crippen molar-refractivity contribution >= 4 is 5.91 Å². The molecule has 0 radical (unpaired) electrons. The Labute approximate surface area is 105 Å². The summed E-state index contributed by atoms with van der Waals surface area (Å²) < 4.78 is 18.2. The molecule has 0 saturated carbocycles. The first-order valence-electron chi connectivity index (χ1n) is 5.68. The molecule has 1 aliphatic rings. The van der Waals surface area contributed by atoms with Crippen molar-refractivity contribution in [2.24, 2.45) is 0 Å². The maximum atomic E-state index is 13.0. The Hall–Kier alpha value is -1.93. The van der Waals surface area contributed by atoms with Gasteiger partial charge in [-0.15, -0.1) is 0 Å². The molecule has 18 heavy (non-hydrogen) atoms. The highest BCUT2D eigenvalue weighted by Gasteiger charge is 2.25. The van der Waals surface area contributed by atoms with Crippen LogP contribution in [-0.2, 0) is 4.74 Å². The molecule has 1 amide bonds. The summed E-state index contributed by atoms with van der Waals surface area (Å²) in [5.41, 5.74) is 1.06. The quantitative estimate of drug-likeness (QED) is 0.756. The number of hydrogen-bond acceptors (Lipinski definition) is 3. The molecular weight excluding hydrogens is 235 g/mol. The Balaban J connectivity index is 2.18. The Morgan fingerprint density at radius 1 is 1.61 bits per heavy atom. The highest BCUT2D eigenvalue weighted by molar-refractivity contribution is 5.95. The third kappa shape index (κ3) is 2.49. The minimum Gasteiger partial charge on any atom is -0.360 e. The minimum atomic E-state index is -0.580. The van der Waals surface area contributed by atoms with Gasteiger partial charge in [-0.1, -0.05) is 0 Å². The zero-order valence-corrected chi connectivity index (χ0v) is 10.0. The molecule has 1 heterocycles. The fraction of sp³-hybridized carbons (Fsp3) is 0.385. The number of aryl methyl sites for hydroxylation is 1. The van der Waals surface area contributed by atoms with Crippen LogP contribution in [0, 0.1) is 24.1 Å². The van der Waals surface area contributed by atoms with E-state index in [2.05, 4.69) is 0 Å². The Bertz CT molecular complexity index is 510. The van der Waals surface area contributed by atoms with E-state index in [1.165, 1.54) is 18.2 Å². The minimum absolute atomic E-state index is 0.184. The van der Waals surface area contributed by atoms with Crippen molar-refractivity contribution in [3.8, 4) is 6.07 Å². The van der Waals surface area contributed by atoms with Crippen LogP contribution in [0.25, 0.3) is 0 Å². The predicted molar refractivity (Wildman–Crippen MR) is 62.4 cm³/mol. The molecule has 5 heteroatoms. The summed E-state index contributed by atoms with van der Waals surface area (Å²) in [7, 11) is 0. The zero-order valence-electron chi connectivity index (χ0n) is 10.0. The van der Waals surface area contributed by atoms with E-state index in [0.717, 1.165) is 0 Å². The van der Waals surface area contributed by atoms with Crippen LogP contribution in [0.4, 0.5) is 4.39 Å². The molecule has 1 unspecified atom stereocenters. The van der Waals surface area contributed by atoms with Gasteiger partial charge in [-0.25, -0.2) is 4.39 Å². The van der Waals surface area contributed by atoms with Crippen LogP contribution in [0.2, 0.25) is 0 Å². The van der Waals surface area contributed by atoms with Gasteiger partial charge in [-0.05, 0) is 30.7 Å². The largest absolute Gasteiger partial charge is 0.360 e. The molecule has 0 spiro atoms. The molecule has 4 nitrogen and oxygen atoms in total. The van der Waals surface area contributed by atoms with Crippen molar-refractivity contribution in [2.75, 3.05) is 19.7 Å². The summed E-state index contributed by atoms with van der Waals surface area (Å²) in [6, 6.07) is 6.06. The van der Waals surface area contributed by atoms with Crippen LogP contribution < -0.4 is 0 Å². The summed E-state index contributed by atoms with van der Waals surface area (Å²) in [4.78, 5) is 13.8. The smallest absolute Gasteiger partial charge is 0.254 e. The van der Waals surface area contributed by atoms with Gasteiger partial charge < -0.3 is 9.64 Å². The number of nitriles is 1. The fourth-order valence-corrected chi connectivity index (χ4v) is 1.95. The van der Waals surface area contributed by atoms with Crippen molar-refractivity contribution in [3.05, 3.63) is 35.1 Å². The van der Waals surface area contributed by atoms with Gasteiger partial charge in [0, 0.05) is 12.1 Å². The number of amides is 1. The number of rotatable bonds is 1. The van der Waals surface area contributed by atoms with Gasteiger partial charge in [0.25, 0.3) is 5.91 Å². The van der Waals surface area contributed by atoms with Crippen LogP contribution in [-0.4, -0.2) is 36.6 Å². The highest BCUT2D eigenvalue weighted by Crippen LogP contribution is 2.15. The first-order valence-corrected chi connectivity index (χ1v) is 5.68. The summed E-state index contributed by atoms with van der Waals surface area (Å²) in [6.07, 6.45) is -0.580. The van der Waals surface area contributed by atoms with E-state index in [1.807, 2.05) is 6.07 Å². The summed E-state index contributed by atoms with van der Waals surface area (Å²) >= 11 is 0. The molecule has 2 rings (SSSR count). The Morgan fingerprint density at radius 2 is 2.39 bits per heavy atom. The van der Waals surface area contributed by atoms with E-state index in [4.69, 9.17) is 10.00 Å². The lowest BCUT2D eigenvalue weighted by atomic mass is 10.1. The number of benzene rings is 1. The van der Waals surface area contributed by atoms with E-state index in [9.17, 15) is 9.18 Å². The lowest BCUT2D eigenvalue weighted by molar-refractivity contribution is 0.00343. The third-order valence-corrected chi connectivity index (χ3v) is 2.92. The highest BCUT2D eigenvalue weighted by atomic mass is 19.1. The molecule has 94 valence electrons. The summed E-state index contributed by atoms with van der Waals surface area (Å²) in [6.45, 7) is 2.75. The fourth-order valence-electron chi connectivity index (χ4n) is 1.95. The molecular formula is C13H13FN2O2. The SMILES string of the molecule is Cc1cc(F)ccc1C(=O)N1CCOC(C#N)C1. The van der Waals surface area contributed by atoms with Crippen molar-refractivity contribution in [1.82, 2.24) is 4.90 Å². The van der Waals surface area contributed by atoms with Gasteiger partial charge in [0.1, 0.15) is 5.82 Å². The maximum Gasteiger partial charge on any atom is 0.254 e. The topological polar surface area (TPSA) is 53.3 Å². The standard InChI is InChI=1S/C13H13FN2O2/c1-9-6-10(14)2-3-12(9)13(17)16-4-5-18-11(7-15)8-16/h2-3,6,11H,4-5,8H2,1H3. The molecule has 0 N–H and O–H groups in total. The van der Waals surface area contributed by atoms with E-state index < -0.39 is 6.10 Å². The molecule has 1 atom stereocenters. The van der Waals surface area contributed by atoms with E-state index >= 15 is 0 Å². The second-order valence-electron chi connectivity index (χ2n) is 4.20. The monoisotopic (exact) mass is 248 g/mol. The number of hydrogen-bond donors (Lipinski definition) is 0. The van der Waals surface area contributed by atoms with Crippen molar-refractivity contribution in [3.63, 3.8) is 0 Å². The summed E-state index contributed by atoms with van der Waals surface area (Å²) in [5, 5.41) is 8.79. The second-order valence-corrected chi connectivity index (χ2v) is 4.20. The molecule has 0 aliphatic carbocycles. The van der Waals surface area contributed by atoms with Gasteiger partial charge >= 0.3 is 0 Å². The number of morpholine rings is 1. The third-order valence-electron chi connectivity index (χ3n) is 2.92. The van der Waals surface area contributed by atoms with Crippen LogP contribution in [0.15, 0.2) is 18.2 Å². The van der Waals surface area contributed by atoms with E-state index in [-0.39, 0.29) is 18.3 Å². The molecule has 1 fully saturated rings. The van der Waals surface area contributed by atoms with Gasteiger partial charge in [-0.2, -0.15) is 5.26 Å². The molecule has 1 aromatic rings. The molecule has 0 aromatic heterocycles. The van der Waals surface area contributed by atoms with Crippen molar-refractivity contribution < 1.29 is 13.9 Å². The Morgan fingerprint density at radius 3 is 3.06 bits per heavy atom. The van der Waals surface area contributed by atoms with Crippen molar-refractivity contribution in [2.45, 2.75) is 13.0 Å². The molecule has 1 aliphatic heterocycles. The van der Waals surface area contributed by atoms with Gasteiger partial charge in [0.15, 0.2) is 6.10 Å². The molecule has 1 saturated heterocycles. The number of nitrogens with zero attached hydrogens (tertiary/aromatic N) is 2. The zero-order chi connectivity index (χ0) is 13.1. The lowest BCUT2D eigenvalue weighted by Crippen LogP contribution is -2.45. The number of carbonyl (C=O) groups excluding carboxylic acids is 1. The number of carbonyl (C=O) groups is 1. The van der Waals surface area contributed by atoms with E-state index in [0.29, 0.717) is 24.3 Å². The van der Waals surface area contributed by atoms with Gasteiger partial charge in [-0.3, -0.25) is 4.79 Å². The first kappa shape index (κ1) is 12.5. The molecule has 1 aromatic carbocycles. The van der Waals surface area contributed by atoms with Crippen LogP contribution >= 0.6 is 0 Å². The lowest BCUT2D eigenvalue weighted by Gasteiger charge is -2.30.